The highest BCUT2D eigenvalue weighted by Gasteiger charge is 2.30. The number of hydrogen-bond donors (Lipinski definition) is 2. The maximum Gasteiger partial charge on any atom is 0.321 e. The summed E-state index contributed by atoms with van der Waals surface area (Å²) in [6.45, 7) is 6.16. The van der Waals surface area contributed by atoms with Crippen molar-refractivity contribution in [1.29, 1.82) is 0 Å². The molecule has 0 radical (unpaired) electrons. The Labute approximate surface area is 213 Å². The lowest BCUT2D eigenvalue weighted by Crippen LogP contribution is -2.47. The van der Waals surface area contributed by atoms with E-state index in [1.165, 1.54) is 30.2 Å². The average Bonchev–Trinajstić information content (AvgIpc) is 3.61. The first-order valence-electron chi connectivity index (χ1n) is 11.9. The average molecular weight is 518 g/mol. The second-order valence-corrected chi connectivity index (χ2v) is 10.4. The van der Waals surface area contributed by atoms with Gasteiger partial charge in [-0.15, -0.1) is 0 Å². The molecule has 2 aromatic heterocycles. The molecular weight excluding hydrogens is 489 g/mol. The van der Waals surface area contributed by atoms with E-state index in [2.05, 4.69) is 30.4 Å². The molecule has 2 amide bonds. The molecule has 2 fully saturated rings. The Morgan fingerprint density at radius 1 is 1.20 bits per heavy atom. The molecule has 1 saturated carbocycles. The SMILES string of the molecule is CN(c1ccc2nc(NC(=O)NCCCN3CCN(C4CC4)CC3)sc2n1)c1ccc(Cl)cc1F. The first kappa shape index (κ1) is 24.2. The Morgan fingerprint density at radius 3 is 2.74 bits per heavy atom. The number of carbonyl (C=O) groups excluding carboxylic acids is 1. The van der Waals surface area contributed by atoms with E-state index in [4.69, 9.17) is 11.6 Å². The van der Waals surface area contributed by atoms with Gasteiger partial charge in [-0.3, -0.25) is 10.2 Å². The molecule has 3 heterocycles. The third-order valence-electron chi connectivity index (χ3n) is 6.48. The topological polar surface area (TPSA) is 76.6 Å². The Bertz CT molecular complexity index is 1200. The van der Waals surface area contributed by atoms with Crippen LogP contribution < -0.4 is 15.5 Å². The van der Waals surface area contributed by atoms with Gasteiger partial charge in [0.15, 0.2) is 5.13 Å². The summed E-state index contributed by atoms with van der Waals surface area (Å²) in [4.78, 5) is 28.8. The summed E-state index contributed by atoms with van der Waals surface area (Å²) in [6, 6.07) is 8.67. The summed E-state index contributed by atoms with van der Waals surface area (Å²) < 4.78 is 14.3. The molecule has 1 saturated heterocycles. The summed E-state index contributed by atoms with van der Waals surface area (Å²) in [5.41, 5.74) is 1.04. The summed E-state index contributed by atoms with van der Waals surface area (Å²) in [5, 5.41) is 6.52. The van der Waals surface area contributed by atoms with Crippen molar-refractivity contribution in [3.63, 3.8) is 0 Å². The molecule has 0 bridgehead atoms. The summed E-state index contributed by atoms with van der Waals surface area (Å²) in [7, 11) is 1.74. The molecule has 35 heavy (non-hydrogen) atoms. The Kier molecular flexibility index (Phi) is 7.33. The van der Waals surface area contributed by atoms with Crippen LogP contribution >= 0.6 is 22.9 Å². The quantitative estimate of drug-likeness (QED) is 0.427. The minimum Gasteiger partial charge on any atom is -0.338 e. The number of amides is 2. The predicted octanol–water partition coefficient (Wildman–Crippen LogP) is 4.54. The fourth-order valence-corrected chi connectivity index (χ4v) is 5.35. The summed E-state index contributed by atoms with van der Waals surface area (Å²) >= 11 is 7.14. The number of piperazine rings is 1. The number of pyridine rings is 1. The van der Waals surface area contributed by atoms with Gasteiger partial charge in [0.25, 0.3) is 0 Å². The Morgan fingerprint density at radius 2 is 2.00 bits per heavy atom. The summed E-state index contributed by atoms with van der Waals surface area (Å²) in [5.74, 6) is 0.141. The molecule has 0 atom stereocenters. The van der Waals surface area contributed by atoms with E-state index in [9.17, 15) is 9.18 Å². The second kappa shape index (κ2) is 10.6. The maximum atomic E-state index is 14.3. The normalized spacial score (nSPS) is 17.0. The smallest absolute Gasteiger partial charge is 0.321 e. The lowest BCUT2D eigenvalue weighted by Gasteiger charge is -2.34. The van der Waals surface area contributed by atoms with Crippen LogP contribution in [0.1, 0.15) is 19.3 Å². The largest absolute Gasteiger partial charge is 0.338 e. The highest BCUT2D eigenvalue weighted by Crippen LogP contribution is 2.31. The van der Waals surface area contributed by atoms with E-state index in [0.717, 1.165) is 45.2 Å². The first-order valence-corrected chi connectivity index (χ1v) is 13.1. The number of carbonyl (C=O) groups is 1. The van der Waals surface area contributed by atoms with Gasteiger partial charge >= 0.3 is 6.03 Å². The van der Waals surface area contributed by atoms with E-state index in [-0.39, 0.29) is 6.03 Å². The van der Waals surface area contributed by atoms with Crippen molar-refractivity contribution >= 4 is 56.0 Å². The molecule has 186 valence electrons. The van der Waals surface area contributed by atoms with Gasteiger partial charge in [0.05, 0.1) is 5.69 Å². The van der Waals surface area contributed by atoms with Crippen LogP contribution in [0.4, 0.5) is 25.8 Å². The van der Waals surface area contributed by atoms with Gasteiger partial charge in [-0.2, -0.15) is 0 Å². The number of aromatic nitrogens is 2. The third-order valence-corrected chi connectivity index (χ3v) is 7.60. The standard InChI is InChI=1S/C24H29ClFN7OS/c1-31(20-7-3-16(25)15-18(20)26)21-8-6-19-22(29-21)35-24(28-19)30-23(34)27-9-2-10-32-11-13-33(14-12-32)17-4-5-17/h3,6-8,15,17H,2,4-5,9-14H2,1H3,(H2,27,28,30,34). The summed E-state index contributed by atoms with van der Waals surface area (Å²) in [6.07, 6.45) is 3.64. The Balaban J connectivity index is 1.10. The molecule has 11 heteroatoms. The van der Waals surface area contributed by atoms with Crippen LogP contribution in [-0.2, 0) is 0 Å². The number of thiazole rings is 1. The van der Waals surface area contributed by atoms with Crippen molar-refractivity contribution in [3.05, 3.63) is 41.2 Å². The van der Waals surface area contributed by atoms with E-state index < -0.39 is 5.82 Å². The number of benzene rings is 1. The number of hydrogen-bond acceptors (Lipinski definition) is 7. The van der Waals surface area contributed by atoms with Crippen LogP contribution in [0.15, 0.2) is 30.3 Å². The van der Waals surface area contributed by atoms with Crippen LogP contribution in [-0.4, -0.2) is 78.2 Å². The van der Waals surface area contributed by atoms with Crippen LogP contribution in [0.3, 0.4) is 0 Å². The predicted molar refractivity (Wildman–Crippen MR) is 140 cm³/mol. The highest BCUT2D eigenvalue weighted by molar-refractivity contribution is 7.22. The minimum atomic E-state index is -0.425. The molecular formula is C24H29ClFN7OS. The van der Waals surface area contributed by atoms with Gasteiger partial charge in [-0.05, 0) is 56.1 Å². The van der Waals surface area contributed by atoms with Crippen molar-refractivity contribution in [3.8, 4) is 0 Å². The van der Waals surface area contributed by atoms with Gasteiger partial charge in [-0.25, -0.2) is 19.2 Å². The van der Waals surface area contributed by atoms with E-state index in [1.54, 1.807) is 30.1 Å². The number of nitrogens with zero attached hydrogens (tertiary/aromatic N) is 5. The molecule has 0 unspecified atom stereocenters. The van der Waals surface area contributed by atoms with E-state index >= 15 is 0 Å². The third kappa shape index (κ3) is 6.00. The number of anilines is 3. The first-order chi connectivity index (χ1) is 17.0. The van der Waals surface area contributed by atoms with Gasteiger partial charge < -0.3 is 15.1 Å². The van der Waals surface area contributed by atoms with Crippen LogP contribution in [0.2, 0.25) is 5.02 Å². The van der Waals surface area contributed by atoms with Gasteiger partial charge in [0.1, 0.15) is 22.0 Å². The molecule has 5 rings (SSSR count). The van der Waals surface area contributed by atoms with E-state index in [0.29, 0.717) is 38.6 Å². The van der Waals surface area contributed by atoms with Crippen molar-refractivity contribution in [2.75, 3.05) is 56.5 Å². The molecule has 2 N–H and O–H groups in total. The zero-order chi connectivity index (χ0) is 24.4. The number of fused-ring (bicyclic) bond motifs is 1. The molecule has 8 nitrogen and oxygen atoms in total. The van der Waals surface area contributed by atoms with Crippen molar-refractivity contribution in [2.45, 2.75) is 25.3 Å². The molecule has 0 spiro atoms. The van der Waals surface area contributed by atoms with Crippen LogP contribution in [0, 0.1) is 5.82 Å². The van der Waals surface area contributed by atoms with Crippen molar-refractivity contribution in [2.24, 2.45) is 0 Å². The van der Waals surface area contributed by atoms with Crippen LogP contribution in [0.5, 0.6) is 0 Å². The minimum absolute atomic E-state index is 0.275. The monoisotopic (exact) mass is 517 g/mol. The number of halogens is 2. The maximum absolute atomic E-state index is 14.3. The molecule has 1 aliphatic heterocycles. The molecule has 3 aromatic rings. The number of rotatable bonds is 8. The zero-order valence-electron chi connectivity index (χ0n) is 19.6. The lowest BCUT2D eigenvalue weighted by molar-refractivity contribution is 0.126. The van der Waals surface area contributed by atoms with Gasteiger partial charge in [0.2, 0.25) is 0 Å². The highest BCUT2D eigenvalue weighted by atomic mass is 35.5. The van der Waals surface area contributed by atoms with Gasteiger partial charge in [0, 0.05) is 50.8 Å². The van der Waals surface area contributed by atoms with Crippen molar-refractivity contribution in [1.82, 2.24) is 25.1 Å². The Hall–Kier alpha value is -2.53. The van der Waals surface area contributed by atoms with Gasteiger partial charge in [-0.1, -0.05) is 22.9 Å². The lowest BCUT2D eigenvalue weighted by atomic mass is 10.2. The fraction of sp³-hybridized carbons (Fsp3) is 0.458. The zero-order valence-corrected chi connectivity index (χ0v) is 21.2. The van der Waals surface area contributed by atoms with E-state index in [1.807, 2.05) is 6.07 Å². The molecule has 1 aliphatic carbocycles. The number of nitrogens with one attached hydrogen (secondary N) is 2. The van der Waals surface area contributed by atoms with Crippen LogP contribution in [0.25, 0.3) is 10.3 Å². The number of urea groups is 1. The fourth-order valence-electron chi connectivity index (χ4n) is 4.36. The molecule has 2 aliphatic rings. The molecule has 1 aromatic carbocycles. The second-order valence-electron chi connectivity index (χ2n) is 9.01. The van der Waals surface area contributed by atoms with Crippen molar-refractivity contribution < 1.29 is 9.18 Å².